The van der Waals surface area contributed by atoms with Crippen molar-refractivity contribution < 1.29 is 17.9 Å². The molecule has 1 aliphatic heterocycles. The van der Waals surface area contributed by atoms with Crippen molar-refractivity contribution in [1.29, 1.82) is 0 Å². The van der Waals surface area contributed by atoms with Gasteiger partial charge in [-0.1, -0.05) is 12.8 Å². The summed E-state index contributed by atoms with van der Waals surface area (Å²) in [5.41, 5.74) is 0. The molecule has 1 aliphatic carbocycles. The van der Waals surface area contributed by atoms with Gasteiger partial charge in [0, 0.05) is 18.7 Å². The Morgan fingerprint density at radius 2 is 2.10 bits per heavy atom. The van der Waals surface area contributed by atoms with Crippen molar-refractivity contribution in [1.82, 2.24) is 4.31 Å². The highest BCUT2D eigenvalue weighted by Gasteiger charge is 2.43. The molecule has 1 aromatic rings. The van der Waals surface area contributed by atoms with Crippen molar-refractivity contribution in [3.05, 3.63) is 17.6 Å². The Morgan fingerprint density at radius 3 is 2.80 bits per heavy atom. The van der Waals surface area contributed by atoms with Crippen LogP contribution in [0, 0.1) is 12.8 Å². The lowest BCUT2D eigenvalue weighted by molar-refractivity contribution is 0.244. The Balaban J connectivity index is 1.93. The zero-order valence-corrected chi connectivity index (χ0v) is 12.5. The van der Waals surface area contributed by atoms with Crippen LogP contribution in [0.3, 0.4) is 0 Å². The number of aliphatic hydroxyl groups is 1. The minimum Gasteiger partial charge on any atom is -0.462 e. The van der Waals surface area contributed by atoms with Crippen LogP contribution in [-0.2, 0) is 16.6 Å². The van der Waals surface area contributed by atoms with E-state index in [4.69, 9.17) is 9.52 Å². The maximum atomic E-state index is 12.8. The predicted octanol–water partition coefficient (Wildman–Crippen LogP) is 2.03. The minimum atomic E-state index is -3.50. The monoisotopic (exact) mass is 299 g/mol. The summed E-state index contributed by atoms with van der Waals surface area (Å²) in [6, 6.07) is 1.61. The second kappa shape index (κ2) is 5.16. The Labute approximate surface area is 119 Å². The molecule has 0 spiro atoms. The summed E-state index contributed by atoms with van der Waals surface area (Å²) >= 11 is 0. The molecule has 1 saturated carbocycles. The number of sulfonamides is 1. The van der Waals surface area contributed by atoms with Crippen LogP contribution in [0.1, 0.15) is 43.6 Å². The molecule has 2 fully saturated rings. The molecule has 2 heterocycles. The first-order chi connectivity index (χ1) is 9.54. The number of hydrogen-bond donors (Lipinski definition) is 1. The van der Waals surface area contributed by atoms with E-state index in [0.717, 1.165) is 25.7 Å². The SMILES string of the molecule is Cc1oc(CO)cc1S(=O)(=O)N1CCC2CCCCC21. The van der Waals surface area contributed by atoms with Crippen LogP contribution in [0.15, 0.2) is 15.4 Å². The first-order valence-corrected chi connectivity index (χ1v) is 8.70. The van der Waals surface area contributed by atoms with Gasteiger partial charge in [-0.05, 0) is 32.1 Å². The van der Waals surface area contributed by atoms with Gasteiger partial charge in [0.25, 0.3) is 0 Å². The van der Waals surface area contributed by atoms with E-state index < -0.39 is 10.0 Å². The molecule has 0 aromatic carbocycles. The lowest BCUT2D eigenvalue weighted by atomic mass is 9.86. The third kappa shape index (κ3) is 2.19. The van der Waals surface area contributed by atoms with Gasteiger partial charge in [0.15, 0.2) is 0 Å². The van der Waals surface area contributed by atoms with Crippen molar-refractivity contribution in [3.63, 3.8) is 0 Å². The van der Waals surface area contributed by atoms with Crippen molar-refractivity contribution in [2.24, 2.45) is 5.92 Å². The van der Waals surface area contributed by atoms with Crippen LogP contribution >= 0.6 is 0 Å². The Hall–Kier alpha value is -0.850. The molecule has 1 saturated heterocycles. The highest BCUT2D eigenvalue weighted by molar-refractivity contribution is 7.89. The molecule has 112 valence electrons. The van der Waals surface area contributed by atoms with Crippen LogP contribution in [0.25, 0.3) is 0 Å². The third-order valence-corrected chi connectivity index (χ3v) is 6.66. The van der Waals surface area contributed by atoms with Crippen LogP contribution in [-0.4, -0.2) is 30.4 Å². The van der Waals surface area contributed by atoms with E-state index in [1.54, 1.807) is 11.2 Å². The van der Waals surface area contributed by atoms with Crippen molar-refractivity contribution in [2.45, 2.75) is 56.6 Å². The van der Waals surface area contributed by atoms with Crippen molar-refractivity contribution >= 4 is 10.0 Å². The molecule has 20 heavy (non-hydrogen) atoms. The van der Waals surface area contributed by atoms with E-state index in [2.05, 4.69) is 0 Å². The van der Waals surface area contributed by atoms with Gasteiger partial charge in [0.1, 0.15) is 23.0 Å². The highest BCUT2D eigenvalue weighted by Crippen LogP contribution is 2.39. The van der Waals surface area contributed by atoms with E-state index in [-0.39, 0.29) is 17.5 Å². The lowest BCUT2D eigenvalue weighted by Crippen LogP contribution is -2.39. The molecule has 2 unspecified atom stereocenters. The summed E-state index contributed by atoms with van der Waals surface area (Å²) in [6.45, 7) is 1.97. The van der Waals surface area contributed by atoms with Gasteiger partial charge in [-0.2, -0.15) is 4.31 Å². The van der Waals surface area contributed by atoms with E-state index in [1.165, 1.54) is 12.5 Å². The summed E-state index contributed by atoms with van der Waals surface area (Å²) in [5.74, 6) is 1.19. The lowest BCUT2D eigenvalue weighted by Gasteiger charge is -2.30. The van der Waals surface area contributed by atoms with Crippen LogP contribution in [0.5, 0.6) is 0 Å². The maximum absolute atomic E-state index is 12.8. The van der Waals surface area contributed by atoms with Gasteiger partial charge in [-0.3, -0.25) is 0 Å². The Kier molecular flexibility index (Phi) is 3.64. The Morgan fingerprint density at radius 1 is 1.35 bits per heavy atom. The van der Waals surface area contributed by atoms with E-state index in [9.17, 15) is 8.42 Å². The fourth-order valence-electron chi connectivity index (χ4n) is 3.65. The number of furan rings is 1. The number of hydrogen-bond acceptors (Lipinski definition) is 4. The van der Waals surface area contributed by atoms with Crippen LogP contribution in [0.4, 0.5) is 0 Å². The normalized spacial score (nSPS) is 27.7. The zero-order chi connectivity index (χ0) is 14.3. The molecule has 0 bridgehead atoms. The average Bonchev–Trinajstić information content (AvgIpc) is 3.02. The largest absolute Gasteiger partial charge is 0.462 e. The van der Waals surface area contributed by atoms with E-state index >= 15 is 0 Å². The molecule has 6 heteroatoms. The average molecular weight is 299 g/mol. The van der Waals surface area contributed by atoms with Gasteiger partial charge in [-0.25, -0.2) is 8.42 Å². The topological polar surface area (TPSA) is 70.8 Å². The highest BCUT2D eigenvalue weighted by atomic mass is 32.2. The van der Waals surface area contributed by atoms with Crippen molar-refractivity contribution in [3.8, 4) is 0 Å². The maximum Gasteiger partial charge on any atom is 0.246 e. The van der Waals surface area contributed by atoms with Gasteiger partial charge in [0.2, 0.25) is 10.0 Å². The molecule has 5 nitrogen and oxygen atoms in total. The fourth-order valence-corrected chi connectivity index (χ4v) is 5.56. The molecule has 2 atom stereocenters. The summed E-state index contributed by atoms with van der Waals surface area (Å²) in [7, 11) is -3.50. The first kappa shape index (κ1) is 14.1. The number of rotatable bonds is 3. The van der Waals surface area contributed by atoms with Gasteiger partial charge in [0.05, 0.1) is 0 Å². The summed E-state index contributed by atoms with van der Waals surface area (Å²) in [5, 5.41) is 9.09. The number of nitrogens with zero attached hydrogens (tertiary/aromatic N) is 1. The molecule has 3 rings (SSSR count). The minimum absolute atomic E-state index is 0.153. The molecule has 0 radical (unpaired) electrons. The predicted molar refractivity (Wildman–Crippen MR) is 73.6 cm³/mol. The molecule has 1 N–H and O–H groups in total. The number of aliphatic hydroxyl groups excluding tert-OH is 1. The quantitative estimate of drug-likeness (QED) is 0.927. The second-order valence-corrected chi connectivity index (χ2v) is 7.67. The van der Waals surface area contributed by atoms with Gasteiger partial charge >= 0.3 is 0 Å². The summed E-state index contributed by atoms with van der Waals surface area (Å²) in [4.78, 5) is 0.216. The molecular formula is C14H21NO4S. The summed E-state index contributed by atoms with van der Waals surface area (Å²) < 4.78 is 32.6. The fraction of sp³-hybridized carbons (Fsp3) is 0.714. The van der Waals surface area contributed by atoms with Gasteiger partial charge < -0.3 is 9.52 Å². The molecule has 2 aliphatic rings. The Bertz CT molecular complexity index is 592. The van der Waals surface area contributed by atoms with Crippen molar-refractivity contribution in [2.75, 3.05) is 6.54 Å². The number of fused-ring (bicyclic) bond motifs is 1. The van der Waals surface area contributed by atoms with Crippen LogP contribution < -0.4 is 0 Å². The van der Waals surface area contributed by atoms with Gasteiger partial charge in [-0.15, -0.1) is 0 Å². The van der Waals surface area contributed by atoms with E-state index in [1.807, 2.05) is 0 Å². The molecule has 0 amide bonds. The zero-order valence-electron chi connectivity index (χ0n) is 11.7. The third-order valence-electron chi connectivity index (χ3n) is 4.62. The standard InChI is InChI=1S/C14H21NO4S/c1-10-14(8-12(9-16)19-10)20(17,18)15-7-6-11-4-2-3-5-13(11)15/h8,11,13,16H,2-7,9H2,1H3. The smallest absolute Gasteiger partial charge is 0.246 e. The first-order valence-electron chi connectivity index (χ1n) is 7.26. The van der Waals surface area contributed by atoms with E-state index in [0.29, 0.717) is 24.0 Å². The molecular weight excluding hydrogens is 278 g/mol. The second-order valence-electron chi connectivity index (χ2n) is 5.81. The molecule has 1 aromatic heterocycles. The van der Waals surface area contributed by atoms with Crippen LogP contribution in [0.2, 0.25) is 0 Å². The summed E-state index contributed by atoms with van der Waals surface area (Å²) in [6.07, 6.45) is 5.40. The number of aryl methyl sites for hydroxylation is 1.